The number of carboxylic acids is 1. The van der Waals surface area contributed by atoms with E-state index in [0.717, 1.165) is 10.8 Å². The highest BCUT2D eigenvalue weighted by atomic mass is 16.4. The van der Waals surface area contributed by atoms with E-state index < -0.39 is 11.9 Å². The molecular weight excluding hydrogens is 508 g/mol. The van der Waals surface area contributed by atoms with Crippen molar-refractivity contribution < 1.29 is 19.5 Å². The maximum absolute atomic E-state index is 13.6. The number of carbonyl (C=O) groups is 3. The molecule has 2 amide bonds. The highest BCUT2D eigenvalue weighted by Gasteiger charge is 2.23. The van der Waals surface area contributed by atoms with Crippen LogP contribution < -0.4 is 21.3 Å². The lowest BCUT2D eigenvalue weighted by Gasteiger charge is -2.19. The van der Waals surface area contributed by atoms with Crippen LogP contribution in [-0.2, 0) is 0 Å². The van der Waals surface area contributed by atoms with Crippen LogP contribution in [-0.4, -0.2) is 53.5 Å². The third-order valence-corrected chi connectivity index (χ3v) is 6.19. The lowest BCUT2D eigenvalue weighted by atomic mass is 9.94. The summed E-state index contributed by atoms with van der Waals surface area (Å²) < 4.78 is 0. The van der Waals surface area contributed by atoms with Gasteiger partial charge in [0, 0.05) is 49.0 Å². The Labute approximate surface area is 232 Å². The molecule has 0 fully saturated rings. The Hall–Kier alpha value is -4.99. The fourth-order valence-corrected chi connectivity index (χ4v) is 4.10. The number of pyridine rings is 2. The van der Waals surface area contributed by atoms with E-state index in [9.17, 15) is 19.5 Å². The maximum Gasteiger partial charge on any atom is 0.336 e. The zero-order valence-electron chi connectivity index (χ0n) is 23.1. The maximum atomic E-state index is 13.6. The number of aromatic carboxylic acids is 1. The minimum Gasteiger partial charge on any atom is -0.478 e. The van der Waals surface area contributed by atoms with Crippen LogP contribution in [0.4, 0.5) is 17.3 Å². The summed E-state index contributed by atoms with van der Waals surface area (Å²) in [5.74, 6) is -1.24. The first-order chi connectivity index (χ1) is 18.8. The van der Waals surface area contributed by atoms with Crippen LogP contribution in [0, 0.1) is 5.41 Å². The van der Waals surface area contributed by atoms with Crippen LogP contribution in [0.5, 0.6) is 0 Å². The first-order valence-corrected chi connectivity index (χ1v) is 12.6. The molecule has 206 valence electrons. The molecule has 0 spiro atoms. The number of carbonyl (C=O) groups excluding carboxylic acids is 2. The van der Waals surface area contributed by atoms with E-state index in [0.29, 0.717) is 29.4 Å². The number of carboxylic acid groups (broad SMARTS) is 1. The minimum atomic E-state index is -1.23. The Morgan fingerprint density at radius 2 is 1.68 bits per heavy atom. The van der Waals surface area contributed by atoms with Gasteiger partial charge in [-0.25, -0.2) is 14.8 Å². The summed E-state index contributed by atoms with van der Waals surface area (Å²) in [5, 5.41) is 17.3. The predicted octanol–water partition coefficient (Wildman–Crippen LogP) is 4.67. The molecule has 0 bridgehead atoms. The number of nitrogen functional groups attached to an aromatic ring is 1. The Bertz CT molecular complexity index is 1620. The molecule has 0 saturated carbocycles. The largest absolute Gasteiger partial charge is 0.478 e. The molecule has 0 aliphatic rings. The zero-order valence-corrected chi connectivity index (χ0v) is 23.1. The van der Waals surface area contributed by atoms with Gasteiger partial charge in [0.1, 0.15) is 17.3 Å². The Kier molecular flexibility index (Phi) is 7.72. The number of hydrogen-bond acceptors (Lipinski definition) is 7. The van der Waals surface area contributed by atoms with Gasteiger partial charge in [-0.05, 0) is 64.9 Å². The van der Waals surface area contributed by atoms with Gasteiger partial charge in [0.15, 0.2) is 0 Å². The molecule has 0 aliphatic heterocycles. The summed E-state index contributed by atoms with van der Waals surface area (Å²) in [5.41, 5.74) is 7.02. The van der Waals surface area contributed by atoms with Gasteiger partial charge in [-0.1, -0.05) is 26.8 Å². The quantitative estimate of drug-likeness (QED) is 0.264. The van der Waals surface area contributed by atoms with Crippen LogP contribution in [0.2, 0.25) is 0 Å². The predicted molar refractivity (Wildman–Crippen MR) is 157 cm³/mol. The van der Waals surface area contributed by atoms with Crippen LogP contribution in [0.3, 0.4) is 0 Å². The van der Waals surface area contributed by atoms with Crippen molar-refractivity contribution in [3.63, 3.8) is 0 Å². The average Bonchev–Trinajstić information content (AvgIpc) is 2.90. The second kappa shape index (κ2) is 11.0. The van der Waals surface area contributed by atoms with Gasteiger partial charge in [0.2, 0.25) is 0 Å². The van der Waals surface area contributed by atoms with Crippen molar-refractivity contribution in [2.45, 2.75) is 20.8 Å². The number of nitrogens with two attached hydrogens (primary N) is 1. The number of aromatic nitrogens is 2. The molecule has 0 radical (unpaired) electrons. The molecular formula is C30H32N6O4. The van der Waals surface area contributed by atoms with Crippen molar-refractivity contribution >= 4 is 45.9 Å². The second-order valence-corrected chi connectivity index (χ2v) is 10.9. The van der Waals surface area contributed by atoms with E-state index in [4.69, 9.17) is 5.73 Å². The van der Waals surface area contributed by atoms with Crippen molar-refractivity contribution in [1.29, 1.82) is 0 Å². The number of nitrogens with one attached hydrogen (secondary N) is 2. The summed E-state index contributed by atoms with van der Waals surface area (Å²) >= 11 is 0. The molecule has 10 heteroatoms. The van der Waals surface area contributed by atoms with Crippen molar-refractivity contribution in [3.05, 3.63) is 77.6 Å². The minimum absolute atomic E-state index is 0.0352. The molecule has 5 N–H and O–H groups in total. The first kappa shape index (κ1) is 28.0. The average molecular weight is 541 g/mol. The van der Waals surface area contributed by atoms with E-state index in [2.05, 4.69) is 20.6 Å². The second-order valence-electron chi connectivity index (χ2n) is 10.9. The smallest absolute Gasteiger partial charge is 0.336 e. The van der Waals surface area contributed by atoms with E-state index in [1.54, 1.807) is 67.7 Å². The summed E-state index contributed by atoms with van der Waals surface area (Å²) in [6.45, 7) is 6.38. The van der Waals surface area contributed by atoms with Gasteiger partial charge in [0.25, 0.3) is 11.8 Å². The molecule has 4 aromatic rings. The fourth-order valence-electron chi connectivity index (χ4n) is 4.10. The number of benzene rings is 2. The molecule has 40 heavy (non-hydrogen) atoms. The number of anilines is 3. The highest BCUT2D eigenvalue weighted by Crippen LogP contribution is 2.30. The molecule has 2 heterocycles. The Morgan fingerprint density at radius 1 is 0.950 bits per heavy atom. The number of amides is 2. The lowest BCUT2D eigenvalue weighted by molar-refractivity contribution is 0.0697. The SMILES string of the molecule is CN(C)c1ccc(-c2ccc(C(=O)NCC(C)(C)C)cc2C(=O)O)c(C(=O)Nc2ccc3c(N)nccc3c2)n1. The Balaban J connectivity index is 1.75. The van der Waals surface area contributed by atoms with Crippen LogP contribution >= 0.6 is 0 Å². The van der Waals surface area contributed by atoms with Crippen molar-refractivity contribution in [1.82, 2.24) is 15.3 Å². The molecule has 2 aromatic heterocycles. The third kappa shape index (κ3) is 6.17. The Morgan fingerprint density at radius 3 is 2.35 bits per heavy atom. The van der Waals surface area contributed by atoms with Gasteiger partial charge < -0.3 is 26.4 Å². The summed E-state index contributed by atoms with van der Waals surface area (Å²) in [4.78, 5) is 49.0. The molecule has 0 aliphatic carbocycles. The third-order valence-electron chi connectivity index (χ3n) is 6.19. The van der Waals surface area contributed by atoms with Gasteiger partial charge >= 0.3 is 5.97 Å². The van der Waals surface area contributed by atoms with E-state index >= 15 is 0 Å². The molecule has 4 rings (SSSR count). The zero-order chi connectivity index (χ0) is 29.2. The molecule has 10 nitrogen and oxygen atoms in total. The lowest BCUT2D eigenvalue weighted by Crippen LogP contribution is -2.32. The van der Waals surface area contributed by atoms with E-state index in [1.165, 1.54) is 12.1 Å². The van der Waals surface area contributed by atoms with Gasteiger partial charge in [-0.3, -0.25) is 9.59 Å². The van der Waals surface area contributed by atoms with Crippen LogP contribution in [0.15, 0.2) is 60.8 Å². The van der Waals surface area contributed by atoms with Gasteiger partial charge in [-0.15, -0.1) is 0 Å². The normalized spacial score (nSPS) is 11.2. The fraction of sp³-hybridized carbons (Fsp3) is 0.233. The first-order valence-electron chi connectivity index (χ1n) is 12.6. The summed E-state index contributed by atoms with van der Waals surface area (Å²) in [6, 6.07) is 14.8. The van der Waals surface area contributed by atoms with Crippen molar-refractivity contribution in [3.8, 4) is 11.1 Å². The standard InChI is InChI=1S/C30H32N6O4/c1-30(2,3)16-33-27(37)18-6-8-21(23(15-18)29(39)40)22-10-11-24(36(4)5)35-25(22)28(38)34-19-7-9-20-17(14-19)12-13-32-26(20)31/h6-15H,16H2,1-5H3,(H2,31,32)(H,33,37)(H,34,38)(H,39,40). The molecule has 0 unspecified atom stereocenters. The van der Waals surface area contributed by atoms with E-state index in [1.807, 2.05) is 20.8 Å². The summed E-state index contributed by atoms with van der Waals surface area (Å²) in [6.07, 6.45) is 1.59. The number of rotatable bonds is 7. The molecule has 0 saturated heterocycles. The van der Waals surface area contributed by atoms with Crippen molar-refractivity contribution in [2.75, 3.05) is 36.6 Å². The van der Waals surface area contributed by atoms with Crippen LogP contribution in [0.1, 0.15) is 52.0 Å². The van der Waals surface area contributed by atoms with Gasteiger partial charge in [0.05, 0.1) is 5.56 Å². The van der Waals surface area contributed by atoms with E-state index in [-0.39, 0.29) is 33.7 Å². The monoisotopic (exact) mass is 540 g/mol. The molecule has 2 aromatic carbocycles. The van der Waals surface area contributed by atoms with Crippen molar-refractivity contribution in [2.24, 2.45) is 5.41 Å². The molecule has 0 atom stereocenters. The number of hydrogen-bond donors (Lipinski definition) is 4. The van der Waals surface area contributed by atoms with Gasteiger partial charge in [-0.2, -0.15) is 0 Å². The van der Waals surface area contributed by atoms with Crippen LogP contribution in [0.25, 0.3) is 21.9 Å². The number of nitrogens with zero attached hydrogens (tertiary/aromatic N) is 3. The highest BCUT2D eigenvalue weighted by molar-refractivity contribution is 6.10. The summed E-state index contributed by atoms with van der Waals surface area (Å²) in [7, 11) is 3.58. The topological polar surface area (TPSA) is 151 Å². The number of fused-ring (bicyclic) bond motifs is 1.